The van der Waals surface area contributed by atoms with Gasteiger partial charge in [-0.2, -0.15) is 18.2 Å². The molecule has 1 saturated heterocycles. The van der Waals surface area contributed by atoms with Gasteiger partial charge in [0.05, 0.1) is 25.9 Å². The number of rotatable bonds is 4. The van der Waals surface area contributed by atoms with Gasteiger partial charge in [0.1, 0.15) is 16.7 Å². The number of nitrogens with zero attached hydrogens (tertiary/aromatic N) is 3. The number of ether oxygens (including phenoxy) is 2. The lowest BCUT2D eigenvalue weighted by molar-refractivity contribution is -0.137. The summed E-state index contributed by atoms with van der Waals surface area (Å²) in [5.41, 5.74) is -0.693. The van der Waals surface area contributed by atoms with Gasteiger partial charge in [-0.15, -0.1) is 0 Å². The van der Waals surface area contributed by atoms with E-state index in [2.05, 4.69) is 15.3 Å². The van der Waals surface area contributed by atoms with Crippen LogP contribution >= 0.6 is 11.6 Å². The highest BCUT2D eigenvalue weighted by Crippen LogP contribution is 2.34. The number of aromatic nitrogens is 2. The van der Waals surface area contributed by atoms with E-state index in [4.69, 9.17) is 21.1 Å². The minimum Gasteiger partial charge on any atom is -0.497 e. The molecular formula is C16H16ClF3N4O2. The molecule has 2 heterocycles. The fourth-order valence-electron chi connectivity index (χ4n) is 2.50. The van der Waals surface area contributed by atoms with E-state index in [1.807, 2.05) is 4.90 Å². The fraction of sp³-hybridized carbons (Fsp3) is 0.375. The first kappa shape index (κ1) is 18.5. The quantitative estimate of drug-likeness (QED) is 0.805. The second-order valence-electron chi connectivity index (χ2n) is 5.54. The van der Waals surface area contributed by atoms with Gasteiger partial charge in [0, 0.05) is 30.9 Å². The van der Waals surface area contributed by atoms with E-state index in [1.54, 1.807) is 6.07 Å². The van der Waals surface area contributed by atoms with Crippen molar-refractivity contribution in [3.05, 3.63) is 35.0 Å². The highest BCUT2D eigenvalue weighted by molar-refractivity contribution is 6.29. The molecule has 0 radical (unpaired) electrons. The molecule has 3 rings (SSSR count). The summed E-state index contributed by atoms with van der Waals surface area (Å²) in [6.07, 6.45) is -4.50. The average Bonchev–Trinajstić information content (AvgIpc) is 2.61. The van der Waals surface area contributed by atoms with Crippen molar-refractivity contribution < 1.29 is 22.6 Å². The van der Waals surface area contributed by atoms with E-state index in [0.717, 1.165) is 12.1 Å². The molecule has 0 unspecified atom stereocenters. The minimum atomic E-state index is -4.50. The van der Waals surface area contributed by atoms with Crippen molar-refractivity contribution in [3.63, 3.8) is 0 Å². The number of alkyl halides is 3. The molecule has 0 aliphatic carbocycles. The first-order valence-corrected chi connectivity index (χ1v) is 8.13. The van der Waals surface area contributed by atoms with Crippen LogP contribution in [0.4, 0.5) is 30.6 Å². The Morgan fingerprint density at radius 1 is 1.15 bits per heavy atom. The van der Waals surface area contributed by atoms with E-state index in [9.17, 15) is 13.2 Å². The number of anilines is 3. The number of hydrogen-bond donors (Lipinski definition) is 1. The molecule has 2 aromatic rings. The molecule has 26 heavy (non-hydrogen) atoms. The average molecular weight is 389 g/mol. The lowest BCUT2D eigenvalue weighted by Gasteiger charge is -2.28. The zero-order chi connectivity index (χ0) is 18.7. The Kier molecular flexibility index (Phi) is 5.38. The molecule has 1 aromatic carbocycles. The van der Waals surface area contributed by atoms with Gasteiger partial charge in [0.25, 0.3) is 0 Å². The lowest BCUT2D eigenvalue weighted by atomic mass is 10.2. The van der Waals surface area contributed by atoms with Gasteiger partial charge in [-0.25, -0.2) is 4.98 Å². The Morgan fingerprint density at radius 2 is 1.88 bits per heavy atom. The molecule has 1 aliphatic rings. The maximum Gasteiger partial charge on any atom is 0.416 e. The summed E-state index contributed by atoms with van der Waals surface area (Å²) in [5, 5.41) is 2.95. The maximum absolute atomic E-state index is 13.0. The Balaban J connectivity index is 1.89. The minimum absolute atomic E-state index is 0.0674. The Morgan fingerprint density at radius 3 is 2.54 bits per heavy atom. The molecule has 1 N–H and O–H groups in total. The van der Waals surface area contributed by atoms with Gasteiger partial charge < -0.3 is 19.7 Å². The normalized spacial score (nSPS) is 15.0. The standard InChI is InChI=1S/C16H16ClF3N4O2/c1-25-12-7-10(16(18,19)20)6-11(8-12)21-15-22-13(17)9-14(23-15)24-2-4-26-5-3-24/h6-9H,2-5H2,1H3,(H,21,22,23). The molecule has 10 heteroatoms. The smallest absolute Gasteiger partial charge is 0.416 e. The van der Waals surface area contributed by atoms with Crippen LogP contribution in [0.2, 0.25) is 5.15 Å². The van der Waals surface area contributed by atoms with Crippen molar-refractivity contribution in [3.8, 4) is 5.75 Å². The van der Waals surface area contributed by atoms with Crippen LogP contribution in [0.25, 0.3) is 0 Å². The molecule has 0 bridgehead atoms. The largest absolute Gasteiger partial charge is 0.497 e. The van der Waals surface area contributed by atoms with Crippen molar-refractivity contribution in [1.29, 1.82) is 0 Å². The van der Waals surface area contributed by atoms with E-state index in [1.165, 1.54) is 13.2 Å². The van der Waals surface area contributed by atoms with Crippen molar-refractivity contribution >= 4 is 29.1 Å². The third kappa shape index (κ3) is 4.47. The van der Waals surface area contributed by atoms with Crippen LogP contribution < -0.4 is 15.0 Å². The summed E-state index contributed by atoms with van der Waals surface area (Å²) in [5.74, 6) is 0.743. The van der Waals surface area contributed by atoms with Gasteiger partial charge in [-0.05, 0) is 12.1 Å². The third-order valence-electron chi connectivity index (χ3n) is 3.74. The predicted molar refractivity (Wildman–Crippen MR) is 91.4 cm³/mol. The molecular weight excluding hydrogens is 373 g/mol. The second-order valence-corrected chi connectivity index (χ2v) is 5.93. The van der Waals surface area contributed by atoms with Crippen LogP contribution in [0.1, 0.15) is 5.56 Å². The molecule has 0 saturated carbocycles. The Hall–Kier alpha value is -2.26. The number of hydrogen-bond acceptors (Lipinski definition) is 6. The number of morpholine rings is 1. The predicted octanol–water partition coefficient (Wildman–Crippen LogP) is 3.74. The zero-order valence-corrected chi connectivity index (χ0v) is 14.6. The number of nitrogens with one attached hydrogen (secondary N) is 1. The number of benzene rings is 1. The summed E-state index contributed by atoms with van der Waals surface area (Å²) < 4.78 is 49.4. The van der Waals surface area contributed by atoms with E-state index in [0.29, 0.717) is 32.1 Å². The molecule has 1 aliphatic heterocycles. The summed E-state index contributed by atoms with van der Waals surface area (Å²) in [6, 6.07) is 4.91. The van der Waals surface area contributed by atoms with Crippen molar-refractivity contribution in [2.45, 2.75) is 6.18 Å². The van der Waals surface area contributed by atoms with Gasteiger partial charge in [-0.1, -0.05) is 11.6 Å². The van der Waals surface area contributed by atoms with Crippen LogP contribution in [-0.2, 0) is 10.9 Å². The highest BCUT2D eigenvalue weighted by atomic mass is 35.5. The Labute approximate surface area is 152 Å². The molecule has 6 nitrogen and oxygen atoms in total. The van der Waals surface area contributed by atoms with Crippen LogP contribution in [0.3, 0.4) is 0 Å². The first-order chi connectivity index (χ1) is 12.3. The van der Waals surface area contributed by atoms with Gasteiger partial charge >= 0.3 is 6.18 Å². The molecule has 1 aromatic heterocycles. The monoisotopic (exact) mass is 388 g/mol. The van der Waals surface area contributed by atoms with Crippen LogP contribution in [-0.4, -0.2) is 43.4 Å². The van der Waals surface area contributed by atoms with Crippen molar-refractivity contribution in [2.24, 2.45) is 0 Å². The van der Waals surface area contributed by atoms with Gasteiger partial charge in [-0.3, -0.25) is 0 Å². The van der Waals surface area contributed by atoms with Crippen molar-refractivity contribution in [2.75, 3.05) is 43.6 Å². The van der Waals surface area contributed by atoms with Gasteiger partial charge in [0.2, 0.25) is 5.95 Å². The number of methoxy groups -OCH3 is 1. The molecule has 0 spiro atoms. The van der Waals surface area contributed by atoms with Crippen LogP contribution in [0.5, 0.6) is 5.75 Å². The van der Waals surface area contributed by atoms with Crippen LogP contribution in [0.15, 0.2) is 24.3 Å². The second kappa shape index (κ2) is 7.55. The fourth-order valence-corrected chi connectivity index (χ4v) is 2.68. The molecule has 0 amide bonds. The SMILES string of the molecule is COc1cc(Nc2nc(Cl)cc(N3CCOCC3)n2)cc(C(F)(F)F)c1. The number of halogens is 4. The molecule has 0 atom stereocenters. The maximum atomic E-state index is 13.0. The third-order valence-corrected chi connectivity index (χ3v) is 3.94. The lowest BCUT2D eigenvalue weighted by Crippen LogP contribution is -2.36. The van der Waals surface area contributed by atoms with Gasteiger partial charge in [0.15, 0.2) is 0 Å². The van der Waals surface area contributed by atoms with Crippen molar-refractivity contribution in [1.82, 2.24) is 9.97 Å². The van der Waals surface area contributed by atoms with E-state index < -0.39 is 11.7 Å². The summed E-state index contributed by atoms with van der Waals surface area (Å²) >= 11 is 6.04. The summed E-state index contributed by atoms with van der Waals surface area (Å²) in [4.78, 5) is 10.3. The van der Waals surface area contributed by atoms with E-state index in [-0.39, 0.29) is 22.5 Å². The molecule has 1 fully saturated rings. The van der Waals surface area contributed by atoms with Crippen LogP contribution in [0, 0.1) is 0 Å². The summed E-state index contributed by atoms with van der Waals surface area (Å²) in [7, 11) is 1.30. The highest BCUT2D eigenvalue weighted by Gasteiger charge is 2.31. The zero-order valence-electron chi connectivity index (χ0n) is 13.8. The summed E-state index contributed by atoms with van der Waals surface area (Å²) in [6.45, 7) is 2.42. The topological polar surface area (TPSA) is 59.5 Å². The first-order valence-electron chi connectivity index (χ1n) is 7.76. The van der Waals surface area contributed by atoms with E-state index >= 15 is 0 Å². The molecule has 140 valence electrons. The Bertz CT molecular complexity index is 783.